The highest BCUT2D eigenvalue weighted by atomic mass is 16.5. The molecule has 0 saturated carbocycles. The van der Waals surface area contributed by atoms with Crippen LogP contribution >= 0.6 is 0 Å². The van der Waals surface area contributed by atoms with Crippen LogP contribution in [0.2, 0.25) is 0 Å². The van der Waals surface area contributed by atoms with Crippen molar-refractivity contribution in [1.29, 1.82) is 0 Å². The molecule has 0 radical (unpaired) electrons. The fourth-order valence-electron chi connectivity index (χ4n) is 1.31. The molecule has 2 rings (SSSR count). The van der Waals surface area contributed by atoms with Gasteiger partial charge < -0.3 is 4.74 Å². The first-order valence-corrected chi connectivity index (χ1v) is 3.83. The van der Waals surface area contributed by atoms with E-state index in [0.717, 1.165) is 5.56 Å². The Morgan fingerprint density at radius 1 is 1.42 bits per heavy atom. The van der Waals surface area contributed by atoms with Crippen molar-refractivity contribution in [2.45, 2.75) is 5.54 Å². The van der Waals surface area contributed by atoms with Crippen LogP contribution in [0.3, 0.4) is 0 Å². The SMILES string of the molecule is NNC1(c2ccncc2)COC1. The topological polar surface area (TPSA) is 60.2 Å². The van der Waals surface area contributed by atoms with Crippen molar-refractivity contribution < 1.29 is 4.74 Å². The Hall–Kier alpha value is -0.970. The number of nitrogens with one attached hydrogen (secondary N) is 1. The molecule has 1 aromatic heterocycles. The third-order valence-electron chi connectivity index (χ3n) is 2.21. The van der Waals surface area contributed by atoms with Gasteiger partial charge in [-0.2, -0.15) is 0 Å². The molecule has 3 N–H and O–H groups in total. The molecule has 12 heavy (non-hydrogen) atoms. The summed E-state index contributed by atoms with van der Waals surface area (Å²) in [5.74, 6) is 5.45. The quantitative estimate of drug-likeness (QED) is 0.469. The van der Waals surface area contributed by atoms with E-state index in [-0.39, 0.29) is 5.54 Å². The van der Waals surface area contributed by atoms with Crippen molar-refractivity contribution >= 4 is 0 Å². The van der Waals surface area contributed by atoms with E-state index in [1.54, 1.807) is 12.4 Å². The lowest BCUT2D eigenvalue weighted by molar-refractivity contribution is -0.0787. The molecular weight excluding hydrogens is 154 g/mol. The number of rotatable bonds is 2. The second-order valence-electron chi connectivity index (χ2n) is 2.96. The van der Waals surface area contributed by atoms with Crippen molar-refractivity contribution in [1.82, 2.24) is 10.4 Å². The highest BCUT2D eigenvalue weighted by molar-refractivity contribution is 5.24. The maximum absolute atomic E-state index is 5.45. The summed E-state index contributed by atoms with van der Waals surface area (Å²) in [6.07, 6.45) is 3.51. The summed E-state index contributed by atoms with van der Waals surface area (Å²) < 4.78 is 5.12. The first-order valence-electron chi connectivity index (χ1n) is 3.83. The van der Waals surface area contributed by atoms with Gasteiger partial charge in [-0.3, -0.25) is 10.8 Å². The molecule has 1 saturated heterocycles. The van der Waals surface area contributed by atoms with E-state index in [1.807, 2.05) is 12.1 Å². The van der Waals surface area contributed by atoms with E-state index in [0.29, 0.717) is 13.2 Å². The van der Waals surface area contributed by atoms with Crippen LogP contribution in [0.5, 0.6) is 0 Å². The molecule has 0 spiro atoms. The van der Waals surface area contributed by atoms with Crippen LogP contribution < -0.4 is 11.3 Å². The Morgan fingerprint density at radius 2 is 2.08 bits per heavy atom. The van der Waals surface area contributed by atoms with E-state index in [4.69, 9.17) is 10.6 Å². The van der Waals surface area contributed by atoms with Gasteiger partial charge >= 0.3 is 0 Å². The molecule has 1 fully saturated rings. The molecule has 4 nitrogen and oxygen atoms in total. The summed E-state index contributed by atoms with van der Waals surface area (Å²) in [6.45, 7) is 1.26. The molecule has 4 heteroatoms. The molecule has 0 unspecified atom stereocenters. The van der Waals surface area contributed by atoms with Crippen LogP contribution in [0.25, 0.3) is 0 Å². The molecule has 64 valence electrons. The molecule has 1 aliphatic heterocycles. The zero-order chi connectivity index (χ0) is 8.44. The normalized spacial score (nSPS) is 20.1. The zero-order valence-corrected chi connectivity index (χ0v) is 6.66. The fourth-order valence-corrected chi connectivity index (χ4v) is 1.31. The van der Waals surface area contributed by atoms with E-state index < -0.39 is 0 Å². The summed E-state index contributed by atoms with van der Waals surface area (Å²) in [6, 6.07) is 3.89. The van der Waals surface area contributed by atoms with Gasteiger partial charge in [0.1, 0.15) is 5.54 Å². The van der Waals surface area contributed by atoms with Crippen LogP contribution in [-0.2, 0) is 10.3 Å². The first-order chi connectivity index (χ1) is 5.87. The second kappa shape index (κ2) is 2.82. The predicted molar refractivity (Wildman–Crippen MR) is 44.1 cm³/mol. The molecule has 0 atom stereocenters. The monoisotopic (exact) mass is 165 g/mol. The molecule has 0 aromatic carbocycles. The molecular formula is C8H11N3O. The smallest absolute Gasteiger partial charge is 0.104 e. The minimum absolute atomic E-state index is 0.178. The molecule has 2 heterocycles. The molecule has 1 aliphatic rings. The summed E-state index contributed by atoms with van der Waals surface area (Å²) in [5, 5.41) is 0. The van der Waals surface area contributed by atoms with Crippen molar-refractivity contribution in [2.24, 2.45) is 5.84 Å². The standard InChI is InChI=1S/C8H11N3O/c9-11-8(5-12-6-8)7-1-3-10-4-2-7/h1-4,11H,5-6,9H2. The lowest BCUT2D eigenvalue weighted by Gasteiger charge is -2.41. The number of ether oxygens (including phenoxy) is 1. The number of hydrogen-bond donors (Lipinski definition) is 2. The van der Waals surface area contributed by atoms with Crippen molar-refractivity contribution in [3.05, 3.63) is 30.1 Å². The minimum Gasteiger partial charge on any atom is -0.377 e. The predicted octanol–water partition coefficient (Wildman–Crippen LogP) is -0.230. The van der Waals surface area contributed by atoms with E-state index in [2.05, 4.69) is 10.4 Å². The summed E-state index contributed by atoms with van der Waals surface area (Å²) >= 11 is 0. The highest BCUT2D eigenvalue weighted by Gasteiger charge is 2.39. The van der Waals surface area contributed by atoms with Gasteiger partial charge in [-0.25, -0.2) is 5.43 Å². The summed E-state index contributed by atoms with van der Waals surface area (Å²) in [4.78, 5) is 3.94. The summed E-state index contributed by atoms with van der Waals surface area (Å²) in [7, 11) is 0. The number of nitrogens with two attached hydrogens (primary N) is 1. The molecule has 0 amide bonds. The number of pyridine rings is 1. The van der Waals surface area contributed by atoms with Gasteiger partial charge in [0.15, 0.2) is 0 Å². The Bertz CT molecular complexity index is 253. The van der Waals surface area contributed by atoms with Crippen molar-refractivity contribution in [2.75, 3.05) is 13.2 Å². The van der Waals surface area contributed by atoms with Crippen molar-refractivity contribution in [3.8, 4) is 0 Å². The van der Waals surface area contributed by atoms with Gasteiger partial charge in [0.05, 0.1) is 13.2 Å². The highest BCUT2D eigenvalue weighted by Crippen LogP contribution is 2.27. The maximum atomic E-state index is 5.45. The van der Waals surface area contributed by atoms with Crippen LogP contribution in [0.4, 0.5) is 0 Å². The summed E-state index contributed by atoms with van der Waals surface area (Å²) in [5.41, 5.74) is 3.73. The largest absolute Gasteiger partial charge is 0.377 e. The molecule has 1 aromatic rings. The number of hydrazine groups is 1. The third kappa shape index (κ3) is 1.01. The average molecular weight is 165 g/mol. The number of aromatic nitrogens is 1. The first kappa shape index (κ1) is 7.67. The van der Waals surface area contributed by atoms with Gasteiger partial charge in [0, 0.05) is 12.4 Å². The van der Waals surface area contributed by atoms with Crippen LogP contribution in [-0.4, -0.2) is 18.2 Å². The minimum atomic E-state index is -0.178. The van der Waals surface area contributed by atoms with Crippen LogP contribution in [0, 0.1) is 0 Å². The van der Waals surface area contributed by atoms with Crippen molar-refractivity contribution in [3.63, 3.8) is 0 Å². The molecule has 0 aliphatic carbocycles. The van der Waals surface area contributed by atoms with Gasteiger partial charge in [0.2, 0.25) is 0 Å². The van der Waals surface area contributed by atoms with E-state index in [1.165, 1.54) is 0 Å². The average Bonchev–Trinajstić information content (AvgIpc) is 2.05. The van der Waals surface area contributed by atoms with Gasteiger partial charge in [0.25, 0.3) is 0 Å². The van der Waals surface area contributed by atoms with E-state index >= 15 is 0 Å². The Morgan fingerprint density at radius 3 is 2.50 bits per heavy atom. The second-order valence-corrected chi connectivity index (χ2v) is 2.96. The van der Waals surface area contributed by atoms with Crippen LogP contribution in [0.1, 0.15) is 5.56 Å². The number of nitrogens with zero attached hydrogens (tertiary/aromatic N) is 1. The number of hydrogen-bond acceptors (Lipinski definition) is 4. The Kier molecular flexibility index (Phi) is 1.80. The van der Waals surface area contributed by atoms with Gasteiger partial charge in [-0.05, 0) is 17.7 Å². The fraction of sp³-hybridized carbons (Fsp3) is 0.375. The zero-order valence-electron chi connectivity index (χ0n) is 6.66. The molecule has 0 bridgehead atoms. The Labute approximate surface area is 70.7 Å². The maximum Gasteiger partial charge on any atom is 0.104 e. The lowest BCUT2D eigenvalue weighted by atomic mass is 9.90. The lowest BCUT2D eigenvalue weighted by Crippen LogP contribution is -2.60. The Balaban J connectivity index is 2.28. The van der Waals surface area contributed by atoms with Crippen LogP contribution in [0.15, 0.2) is 24.5 Å². The third-order valence-corrected chi connectivity index (χ3v) is 2.21. The van der Waals surface area contributed by atoms with Gasteiger partial charge in [-0.1, -0.05) is 0 Å². The van der Waals surface area contributed by atoms with E-state index in [9.17, 15) is 0 Å². The van der Waals surface area contributed by atoms with Gasteiger partial charge in [-0.15, -0.1) is 0 Å².